The van der Waals surface area contributed by atoms with Crippen LogP contribution in [-0.4, -0.2) is 54.8 Å². The zero-order valence-corrected chi connectivity index (χ0v) is 18.0. The lowest BCUT2D eigenvalue weighted by Gasteiger charge is -2.25. The third-order valence-electron chi connectivity index (χ3n) is 3.79. The van der Waals surface area contributed by atoms with Crippen LogP contribution in [0.25, 0.3) is 0 Å². The molecule has 0 fully saturated rings. The van der Waals surface area contributed by atoms with Crippen LogP contribution in [-0.2, 0) is 24.3 Å². The Kier molecular flexibility index (Phi) is 7.46. The molecule has 0 aliphatic heterocycles. The molecular formula is C18H21NO8S2. The van der Waals surface area contributed by atoms with Crippen LogP contribution in [0.1, 0.15) is 17.3 Å². The van der Waals surface area contributed by atoms with Gasteiger partial charge in [-0.1, -0.05) is 6.07 Å². The molecule has 11 heteroatoms. The van der Waals surface area contributed by atoms with E-state index in [9.17, 15) is 18.0 Å². The van der Waals surface area contributed by atoms with Gasteiger partial charge in [-0.3, -0.25) is 9.10 Å². The normalized spacial score (nSPS) is 10.9. The SMILES string of the molecule is CCOC(=O)CN(c1cc(OC)c(OC)cc1C(=O)OC)S(=O)(=O)c1cccs1. The van der Waals surface area contributed by atoms with Crippen LogP contribution < -0.4 is 13.8 Å². The van der Waals surface area contributed by atoms with Gasteiger partial charge in [-0.15, -0.1) is 11.3 Å². The molecule has 0 radical (unpaired) electrons. The number of sulfonamides is 1. The first-order valence-electron chi connectivity index (χ1n) is 8.36. The first-order chi connectivity index (χ1) is 13.8. The Balaban J connectivity index is 2.75. The predicted molar refractivity (Wildman–Crippen MR) is 106 cm³/mol. The van der Waals surface area contributed by atoms with Gasteiger partial charge < -0.3 is 18.9 Å². The molecule has 0 N–H and O–H groups in total. The number of esters is 2. The lowest BCUT2D eigenvalue weighted by atomic mass is 10.1. The number of nitrogens with zero attached hydrogens (tertiary/aromatic N) is 1. The van der Waals surface area contributed by atoms with Crippen molar-refractivity contribution in [1.29, 1.82) is 0 Å². The van der Waals surface area contributed by atoms with Gasteiger partial charge in [0.2, 0.25) is 0 Å². The Morgan fingerprint density at radius 2 is 1.76 bits per heavy atom. The monoisotopic (exact) mass is 443 g/mol. The van der Waals surface area contributed by atoms with Crippen LogP contribution in [0.5, 0.6) is 11.5 Å². The molecule has 2 aromatic rings. The molecule has 29 heavy (non-hydrogen) atoms. The highest BCUT2D eigenvalue weighted by Crippen LogP contribution is 2.38. The minimum absolute atomic E-state index is 0.00704. The van der Waals surface area contributed by atoms with Gasteiger partial charge in [0.1, 0.15) is 10.8 Å². The molecule has 0 spiro atoms. The number of carbonyl (C=O) groups is 2. The van der Waals surface area contributed by atoms with Gasteiger partial charge in [-0.25, -0.2) is 13.2 Å². The van der Waals surface area contributed by atoms with Crippen molar-refractivity contribution in [2.75, 3.05) is 38.8 Å². The van der Waals surface area contributed by atoms with Gasteiger partial charge in [0.15, 0.2) is 11.5 Å². The molecule has 2 rings (SSSR count). The van der Waals surface area contributed by atoms with Crippen molar-refractivity contribution in [3.63, 3.8) is 0 Å². The topological polar surface area (TPSA) is 108 Å². The van der Waals surface area contributed by atoms with Crippen molar-refractivity contribution in [1.82, 2.24) is 0 Å². The molecule has 0 bridgehead atoms. The third kappa shape index (κ3) is 4.80. The molecule has 1 heterocycles. The maximum Gasteiger partial charge on any atom is 0.340 e. The van der Waals surface area contributed by atoms with Crippen LogP contribution in [0.3, 0.4) is 0 Å². The number of anilines is 1. The van der Waals surface area contributed by atoms with E-state index in [1.807, 2.05) is 0 Å². The molecule has 0 saturated carbocycles. The molecule has 9 nitrogen and oxygen atoms in total. The smallest absolute Gasteiger partial charge is 0.340 e. The maximum absolute atomic E-state index is 13.3. The molecule has 0 unspecified atom stereocenters. The molecule has 0 atom stereocenters. The minimum atomic E-state index is -4.19. The zero-order chi connectivity index (χ0) is 21.6. The van der Waals surface area contributed by atoms with Crippen molar-refractivity contribution < 1.29 is 37.0 Å². The maximum atomic E-state index is 13.3. The summed E-state index contributed by atoms with van der Waals surface area (Å²) >= 11 is 0.977. The first kappa shape index (κ1) is 22.5. The first-order valence-corrected chi connectivity index (χ1v) is 10.7. The van der Waals surface area contributed by atoms with Crippen LogP contribution in [0, 0.1) is 0 Å². The average molecular weight is 443 g/mol. The Morgan fingerprint density at radius 1 is 1.10 bits per heavy atom. The van der Waals surface area contributed by atoms with Crippen molar-refractivity contribution >= 4 is 39.0 Å². The van der Waals surface area contributed by atoms with Crippen molar-refractivity contribution in [2.45, 2.75) is 11.1 Å². The molecular weight excluding hydrogens is 422 g/mol. The Morgan fingerprint density at radius 3 is 2.28 bits per heavy atom. The van der Waals surface area contributed by atoms with E-state index in [0.29, 0.717) is 0 Å². The highest BCUT2D eigenvalue weighted by atomic mass is 32.2. The Hall–Kier alpha value is -2.79. The van der Waals surface area contributed by atoms with E-state index in [1.165, 1.54) is 32.4 Å². The van der Waals surface area contributed by atoms with Crippen LogP contribution in [0.4, 0.5) is 5.69 Å². The zero-order valence-electron chi connectivity index (χ0n) is 16.3. The standard InChI is InChI=1S/C18H21NO8S2/c1-5-27-16(20)11-19(29(22,23)17-7-6-8-28-17)13-10-15(25-3)14(24-2)9-12(13)18(21)26-4/h6-10H,5,11H2,1-4H3. The second-order valence-electron chi connectivity index (χ2n) is 5.46. The minimum Gasteiger partial charge on any atom is -0.493 e. The van der Waals surface area contributed by atoms with Gasteiger partial charge >= 0.3 is 11.9 Å². The molecule has 1 aromatic carbocycles. The summed E-state index contributed by atoms with van der Waals surface area (Å²) in [5.74, 6) is -1.22. The van der Waals surface area contributed by atoms with Crippen molar-refractivity contribution in [3.05, 3.63) is 35.2 Å². The summed E-state index contributed by atoms with van der Waals surface area (Å²) in [6.45, 7) is 1.03. The van der Waals surface area contributed by atoms with Crippen molar-refractivity contribution in [2.24, 2.45) is 0 Å². The number of hydrogen-bond donors (Lipinski definition) is 0. The van der Waals surface area contributed by atoms with Crippen molar-refractivity contribution in [3.8, 4) is 11.5 Å². The second kappa shape index (κ2) is 9.61. The van der Waals surface area contributed by atoms with E-state index in [-0.39, 0.29) is 33.6 Å². The van der Waals surface area contributed by atoms with Gasteiger partial charge in [0.05, 0.1) is 39.2 Å². The van der Waals surface area contributed by atoms with Gasteiger partial charge in [-0.05, 0) is 18.4 Å². The van der Waals surface area contributed by atoms with Crippen LogP contribution in [0.2, 0.25) is 0 Å². The van der Waals surface area contributed by atoms with Gasteiger partial charge in [0.25, 0.3) is 10.0 Å². The summed E-state index contributed by atoms with van der Waals surface area (Å²) in [6, 6.07) is 5.56. The summed E-state index contributed by atoms with van der Waals surface area (Å²) in [5, 5.41) is 1.59. The number of hydrogen-bond acceptors (Lipinski definition) is 9. The number of rotatable bonds is 9. The van der Waals surface area contributed by atoms with E-state index < -0.39 is 28.5 Å². The lowest BCUT2D eigenvalue weighted by Crippen LogP contribution is -2.37. The van der Waals surface area contributed by atoms with Gasteiger partial charge in [0, 0.05) is 12.1 Å². The highest BCUT2D eigenvalue weighted by molar-refractivity contribution is 7.94. The Bertz CT molecular complexity index is 970. The molecule has 0 saturated heterocycles. The quantitative estimate of drug-likeness (QED) is 0.543. The number of ether oxygens (including phenoxy) is 4. The Labute approximate surface area is 172 Å². The van der Waals surface area contributed by atoms with E-state index in [1.54, 1.807) is 18.4 Å². The number of carbonyl (C=O) groups excluding carboxylic acids is 2. The van der Waals surface area contributed by atoms with Crippen LogP contribution >= 0.6 is 11.3 Å². The molecule has 0 aliphatic carbocycles. The number of methoxy groups -OCH3 is 3. The molecule has 158 valence electrons. The van der Waals surface area contributed by atoms with E-state index in [4.69, 9.17) is 18.9 Å². The fourth-order valence-corrected chi connectivity index (χ4v) is 5.01. The molecule has 0 aliphatic rings. The highest BCUT2D eigenvalue weighted by Gasteiger charge is 2.33. The summed E-state index contributed by atoms with van der Waals surface area (Å²) in [5.41, 5.74) is -0.217. The largest absolute Gasteiger partial charge is 0.493 e. The summed E-state index contributed by atoms with van der Waals surface area (Å²) in [4.78, 5) is 24.6. The number of benzene rings is 1. The van der Waals surface area contributed by atoms with Gasteiger partial charge in [-0.2, -0.15) is 0 Å². The summed E-state index contributed by atoms with van der Waals surface area (Å²) in [6.07, 6.45) is 0. The molecule has 0 amide bonds. The lowest BCUT2D eigenvalue weighted by molar-refractivity contribution is -0.141. The second-order valence-corrected chi connectivity index (χ2v) is 8.50. The molecule has 1 aromatic heterocycles. The fraction of sp³-hybridized carbons (Fsp3) is 0.333. The van der Waals surface area contributed by atoms with E-state index in [2.05, 4.69) is 0 Å². The number of thiophene rings is 1. The third-order valence-corrected chi connectivity index (χ3v) is 6.93. The van der Waals surface area contributed by atoms with E-state index in [0.717, 1.165) is 22.8 Å². The predicted octanol–water partition coefficient (Wildman–Crippen LogP) is 2.31. The summed E-state index contributed by atoms with van der Waals surface area (Å²) in [7, 11) is -0.291. The van der Waals surface area contributed by atoms with Crippen LogP contribution in [0.15, 0.2) is 33.9 Å². The fourth-order valence-electron chi connectivity index (χ4n) is 2.49. The summed E-state index contributed by atoms with van der Waals surface area (Å²) < 4.78 is 47.4. The average Bonchev–Trinajstić information content (AvgIpc) is 3.26. The van der Waals surface area contributed by atoms with E-state index >= 15 is 0 Å².